The lowest BCUT2D eigenvalue weighted by Gasteiger charge is -2.49. The van der Waals surface area contributed by atoms with Crippen molar-refractivity contribution in [1.82, 2.24) is 4.31 Å². The third-order valence-electron chi connectivity index (χ3n) is 5.49. The molecule has 0 aliphatic carbocycles. The minimum atomic E-state index is -3.88. The molecule has 2 aliphatic rings. The van der Waals surface area contributed by atoms with Crippen LogP contribution in [-0.4, -0.2) is 25.7 Å². The molecule has 2 aliphatic heterocycles. The number of halogens is 1. The van der Waals surface area contributed by atoms with Crippen LogP contribution in [0.2, 0.25) is 5.02 Å². The number of carbonyl (C=O) groups is 1. The summed E-state index contributed by atoms with van der Waals surface area (Å²) in [4.78, 5) is 15.1. The maximum absolute atomic E-state index is 13.5. The summed E-state index contributed by atoms with van der Waals surface area (Å²) in [5.41, 5.74) is 0.760. The quantitative estimate of drug-likeness (QED) is 0.612. The first-order valence-corrected chi connectivity index (χ1v) is 10.5. The highest BCUT2D eigenvalue weighted by Crippen LogP contribution is 2.54. The van der Waals surface area contributed by atoms with Gasteiger partial charge < -0.3 is 0 Å². The lowest BCUT2D eigenvalue weighted by molar-refractivity contribution is 0.0956. The molecule has 1 unspecified atom stereocenters. The van der Waals surface area contributed by atoms with Crippen LogP contribution in [0.4, 0.5) is 5.69 Å². The minimum Gasteiger partial charge on any atom is -0.278 e. The number of rotatable bonds is 1. The summed E-state index contributed by atoms with van der Waals surface area (Å²) in [5, 5.41) is 0.365. The average Bonchev–Trinajstić information content (AvgIpc) is 2.97. The molecule has 0 aromatic heterocycles. The SMILES string of the molecule is CN1C2(c3ccccc3)c3ccccc3C(=O)N2c2cc(Cl)ccc2S1(=O)=O. The molecule has 0 saturated heterocycles. The lowest BCUT2D eigenvalue weighted by Crippen LogP contribution is -2.60. The van der Waals surface area contributed by atoms with E-state index in [0.717, 1.165) is 0 Å². The van der Waals surface area contributed by atoms with Crippen molar-refractivity contribution in [2.45, 2.75) is 10.6 Å². The van der Waals surface area contributed by atoms with E-state index in [9.17, 15) is 13.2 Å². The van der Waals surface area contributed by atoms with Gasteiger partial charge in [-0.25, -0.2) is 8.42 Å². The normalized spacial score (nSPS) is 22.5. The molecule has 0 radical (unpaired) electrons. The van der Waals surface area contributed by atoms with Crippen LogP contribution >= 0.6 is 11.6 Å². The number of carbonyl (C=O) groups excluding carboxylic acids is 1. The van der Waals surface area contributed by atoms with Gasteiger partial charge in [0.05, 0.1) is 5.69 Å². The van der Waals surface area contributed by atoms with Crippen LogP contribution < -0.4 is 4.90 Å². The number of fused-ring (bicyclic) bond motifs is 5. The second-order valence-corrected chi connectivity index (χ2v) is 9.18. The van der Waals surface area contributed by atoms with Gasteiger partial charge in [-0.1, -0.05) is 60.1 Å². The number of amides is 1. The fourth-order valence-corrected chi connectivity index (χ4v) is 6.05. The van der Waals surface area contributed by atoms with Gasteiger partial charge >= 0.3 is 0 Å². The van der Waals surface area contributed by atoms with Gasteiger partial charge in [-0.3, -0.25) is 9.69 Å². The molecule has 0 fully saturated rings. The maximum Gasteiger partial charge on any atom is 0.260 e. The third kappa shape index (κ3) is 1.95. The van der Waals surface area contributed by atoms with Crippen LogP contribution in [0.15, 0.2) is 77.7 Å². The monoisotopic (exact) mass is 410 g/mol. The molecule has 2 heterocycles. The minimum absolute atomic E-state index is 0.0621. The Morgan fingerprint density at radius 2 is 1.61 bits per heavy atom. The molecule has 0 saturated carbocycles. The zero-order chi connectivity index (χ0) is 19.7. The van der Waals surface area contributed by atoms with Gasteiger partial charge in [0, 0.05) is 23.2 Å². The number of hydrogen-bond acceptors (Lipinski definition) is 3. The number of hydrogen-bond donors (Lipinski definition) is 0. The Hall–Kier alpha value is -2.67. The molecule has 0 spiro atoms. The Bertz CT molecular complexity index is 1240. The molecule has 3 aromatic rings. The Balaban J connectivity index is 1.99. The van der Waals surface area contributed by atoms with Crippen molar-refractivity contribution in [3.05, 3.63) is 94.5 Å². The summed E-state index contributed by atoms with van der Waals surface area (Å²) in [6, 6.07) is 20.8. The first-order chi connectivity index (χ1) is 13.4. The zero-order valence-electron chi connectivity index (χ0n) is 14.8. The molecule has 1 atom stereocenters. The first-order valence-electron chi connectivity index (χ1n) is 8.68. The van der Waals surface area contributed by atoms with Gasteiger partial charge in [0.25, 0.3) is 5.91 Å². The first kappa shape index (κ1) is 17.4. The predicted octanol–water partition coefficient (Wildman–Crippen LogP) is 3.84. The highest BCUT2D eigenvalue weighted by Gasteiger charge is 2.61. The summed E-state index contributed by atoms with van der Waals surface area (Å²) in [5.74, 6) is -0.260. The van der Waals surface area contributed by atoms with E-state index in [2.05, 4.69) is 0 Å². The van der Waals surface area contributed by atoms with E-state index < -0.39 is 15.7 Å². The summed E-state index contributed by atoms with van der Waals surface area (Å²) in [6.07, 6.45) is 0. The number of nitrogens with zero attached hydrogens (tertiary/aromatic N) is 2. The Morgan fingerprint density at radius 1 is 0.929 bits per heavy atom. The molecule has 28 heavy (non-hydrogen) atoms. The van der Waals surface area contributed by atoms with Crippen LogP contribution in [0, 0.1) is 0 Å². The molecule has 5 rings (SSSR count). The van der Waals surface area contributed by atoms with Crippen molar-refractivity contribution in [3.63, 3.8) is 0 Å². The van der Waals surface area contributed by atoms with Crippen LogP contribution in [0.5, 0.6) is 0 Å². The number of benzene rings is 3. The molecule has 3 aromatic carbocycles. The van der Waals surface area contributed by atoms with Crippen molar-refractivity contribution in [3.8, 4) is 0 Å². The van der Waals surface area contributed by atoms with Crippen molar-refractivity contribution in [2.24, 2.45) is 0 Å². The van der Waals surface area contributed by atoms with Gasteiger partial charge in [0.15, 0.2) is 5.66 Å². The third-order valence-corrected chi connectivity index (χ3v) is 7.61. The van der Waals surface area contributed by atoms with E-state index in [-0.39, 0.29) is 16.5 Å². The second-order valence-electron chi connectivity index (χ2n) is 6.81. The highest BCUT2D eigenvalue weighted by molar-refractivity contribution is 7.89. The molecule has 0 bridgehead atoms. The number of sulfonamides is 1. The molecule has 1 amide bonds. The van der Waals surface area contributed by atoms with E-state index in [1.807, 2.05) is 42.5 Å². The molecular weight excluding hydrogens is 396 g/mol. The molecular formula is C21H15ClN2O3S. The highest BCUT2D eigenvalue weighted by atomic mass is 35.5. The van der Waals surface area contributed by atoms with Crippen LogP contribution in [-0.2, 0) is 15.7 Å². The standard InChI is InChI=1S/C21H15ClN2O3S/c1-23-21(14-7-3-2-4-8-14)17-10-6-5-9-16(17)20(25)24(21)18-13-15(22)11-12-19(18)28(23,26)27/h2-13H,1H3. The smallest absolute Gasteiger partial charge is 0.260 e. The molecule has 7 heteroatoms. The van der Waals surface area contributed by atoms with Crippen LogP contribution in [0.25, 0.3) is 0 Å². The topological polar surface area (TPSA) is 57.7 Å². The van der Waals surface area contributed by atoms with Crippen molar-refractivity contribution in [2.75, 3.05) is 11.9 Å². The largest absolute Gasteiger partial charge is 0.278 e. The summed E-state index contributed by atoms with van der Waals surface area (Å²) in [7, 11) is -2.37. The van der Waals surface area contributed by atoms with Gasteiger partial charge in [-0.2, -0.15) is 4.31 Å². The van der Waals surface area contributed by atoms with E-state index in [1.165, 1.54) is 23.5 Å². The van der Waals surface area contributed by atoms with Crippen LogP contribution in [0.1, 0.15) is 21.5 Å². The summed E-state index contributed by atoms with van der Waals surface area (Å²) >= 11 is 6.20. The summed E-state index contributed by atoms with van der Waals surface area (Å²) < 4.78 is 28.3. The fraction of sp³-hybridized carbons (Fsp3) is 0.0952. The second kappa shape index (κ2) is 5.67. The molecule has 140 valence electrons. The Morgan fingerprint density at radius 3 is 2.36 bits per heavy atom. The van der Waals surface area contributed by atoms with Gasteiger partial charge in [-0.05, 0) is 29.8 Å². The number of anilines is 1. The lowest BCUT2D eigenvalue weighted by atomic mass is 9.90. The van der Waals surface area contributed by atoms with E-state index in [4.69, 9.17) is 11.6 Å². The Kier molecular flexibility index (Phi) is 3.53. The van der Waals surface area contributed by atoms with E-state index in [1.54, 1.807) is 23.1 Å². The Labute approximate surface area is 167 Å². The average molecular weight is 411 g/mol. The molecule has 0 N–H and O–H groups in total. The summed E-state index contributed by atoms with van der Waals surface area (Å²) in [6.45, 7) is 0. The van der Waals surface area contributed by atoms with Gasteiger partial charge in [0.2, 0.25) is 10.0 Å². The van der Waals surface area contributed by atoms with Gasteiger partial charge in [-0.15, -0.1) is 0 Å². The van der Waals surface area contributed by atoms with Crippen molar-refractivity contribution < 1.29 is 13.2 Å². The van der Waals surface area contributed by atoms with E-state index >= 15 is 0 Å². The molecule has 5 nitrogen and oxygen atoms in total. The van der Waals surface area contributed by atoms with Crippen molar-refractivity contribution in [1.29, 1.82) is 0 Å². The fourth-order valence-electron chi connectivity index (χ4n) is 4.30. The zero-order valence-corrected chi connectivity index (χ0v) is 16.4. The van der Waals surface area contributed by atoms with E-state index in [0.29, 0.717) is 21.7 Å². The predicted molar refractivity (Wildman–Crippen MR) is 107 cm³/mol. The van der Waals surface area contributed by atoms with Gasteiger partial charge in [0.1, 0.15) is 4.90 Å². The van der Waals surface area contributed by atoms with Crippen molar-refractivity contribution >= 4 is 33.2 Å². The maximum atomic E-state index is 13.5. The van der Waals surface area contributed by atoms with Crippen LogP contribution in [0.3, 0.4) is 0 Å².